The molecule has 1 unspecified atom stereocenters. The molecule has 1 aromatic carbocycles. The van der Waals surface area contributed by atoms with Crippen molar-refractivity contribution in [3.8, 4) is 0 Å². The number of halogens is 1. The Hall–Kier alpha value is -1.13. The zero-order chi connectivity index (χ0) is 13.7. The molecule has 2 rings (SSSR count). The first-order chi connectivity index (χ1) is 9.19. The molecule has 0 aliphatic carbocycles. The number of nitrogens with zero attached hydrogens (tertiary/aromatic N) is 2. The molecule has 1 N–H and O–H groups in total. The highest BCUT2D eigenvalue weighted by molar-refractivity contribution is 5.42. The van der Waals surface area contributed by atoms with Crippen molar-refractivity contribution >= 4 is 5.69 Å². The third-order valence-corrected chi connectivity index (χ3v) is 3.93. The smallest absolute Gasteiger partial charge is 0.123 e. The van der Waals surface area contributed by atoms with Crippen LogP contribution in [0, 0.1) is 5.82 Å². The summed E-state index contributed by atoms with van der Waals surface area (Å²) >= 11 is 0. The monoisotopic (exact) mass is 265 g/mol. The van der Waals surface area contributed by atoms with Crippen LogP contribution in [-0.4, -0.2) is 55.6 Å². The maximum atomic E-state index is 12.8. The van der Waals surface area contributed by atoms with Crippen molar-refractivity contribution in [1.29, 1.82) is 0 Å². The number of anilines is 1. The minimum Gasteiger partial charge on any atom is -0.384 e. The second kappa shape index (κ2) is 6.87. The van der Waals surface area contributed by atoms with E-state index in [4.69, 9.17) is 0 Å². The second-order valence-electron chi connectivity index (χ2n) is 5.28. The Morgan fingerprint density at radius 1 is 1.26 bits per heavy atom. The molecule has 1 heterocycles. The van der Waals surface area contributed by atoms with E-state index in [0.717, 1.165) is 38.4 Å². The summed E-state index contributed by atoms with van der Waals surface area (Å²) in [5.41, 5.74) is 0.988. The molecule has 0 bridgehead atoms. The highest BCUT2D eigenvalue weighted by atomic mass is 19.1. The van der Waals surface area contributed by atoms with Crippen LogP contribution < -0.4 is 5.32 Å². The van der Waals surface area contributed by atoms with Crippen LogP contribution in [-0.2, 0) is 0 Å². The van der Waals surface area contributed by atoms with Crippen molar-refractivity contribution in [2.45, 2.75) is 19.4 Å². The molecule has 19 heavy (non-hydrogen) atoms. The summed E-state index contributed by atoms with van der Waals surface area (Å²) in [5.74, 6) is -0.185. The zero-order valence-corrected chi connectivity index (χ0v) is 11.9. The summed E-state index contributed by atoms with van der Waals surface area (Å²) in [6.45, 7) is 7.64. The van der Waals surface area contributed by atoms with Gasteiger partial charge >= 0.3 is 0 Å². The second-order valence-corrected chi connectivity index (χ2v) is 5.28. The first-order valence-corrected chi connectivity index (χ1v) is 7.11. The molecule has 3 nitrogen and oxygen atoms in total. The molecule has 1 aromatic rings. The molecule has 0 amide bonds. The molecular formula is C15H24FN3. The number of rotatable bonds is 5. The van der Waals surface area contributed by atoms with Gasteiger partial charge in [0.15, 0.2) is 0 Å². The lowest BCUT2D eigenvalue weighted by Gasteiger charge is -2.39. The van der Waals surface area contributed by atoms with Crippen molar-refractivity contribution in [1.82, 2.24) is 9.80 Å². The molecule has 0 spiro atoms. The summed E-state index contributed by atoms with van der Waals surface area (Å²) < 4.78 is 12.8. The van der Waals surface area contributed by atoms with Crippen molar-refractivity contribution < 1.29 is 4.39 Å². The van der Waals surface area contributed by atoms with E-state index < -0.39 is 0 Å². The largest absolute Gasteiger partial charge is 0.384 e. The molecular weight excluding hydrogens is 241 g/mol. The predicted octanol–water partition coefficient (Wildman–Crippen LogP) is 2.26. The number of likely N-dealkylation sites (N-methyl/N-ethyl adjacent to an activating group) is 1. The van der Waals surface area contributed by atoms with Crippen molar-refractivity contribution in [2.24, 2.45) is 0 Å². The molecule has 0 saturated carbocycles. The van der Waals surface area contributed by atoms with Gasteiger partial charge in [-0.05, 0) is 37.7 Å². The lowest BCUT2D eigenvalue weighted by molar-refractivity contribution is 0.0963. The molecule has 1 saturated heterocycles. The van der Waals surface area contributed by atoms with E-state index in [9.17, 15) is 4.39 Å². The molecule has 0 radical (unpaired) electrons. The Labute approximate surface area is 115 Å². The topological polar surface area (TPSA) is 18.5 Å². The van der Waals surface area contributed by atoms with Gasteiger partial charge in [0.1, 0.15) is 5.82 Å². The van der Waals surface area contributed by atoms with Gasteiger partial charge in [-0.3, -0.25) is 4.90 Å². The molecule has 1 aliphatic rings. The normalized spacial score (nSPS) is 21.5. The predicted molar refractivity (Wildman–Crippen MR) is 78.0 cm³/mol. The van der Waals surface area contributed by atoms with Gasteiger partial charge in [0, 0.05) is 44.5 Å². The third kappa shape index (κ3) is 4.18. The lowest BCUT2D eigenvalue weighted by Crippen LogP contribution is -2.51. The van der Waals surface area contributed by atoms with Crippen LogP contribution in [0.2, 0.25) is 0 Å². The maximum absolute atomic E-state index is 12.8. The summed E-state index contributed by atoms with van der Waals surface area (Å²) in [6, 6.07) is 7.23. The van der Waals surface area contributed by atoms with E-state index in [1.54, 1.807) is 12.1 Å². The standard InChI is InChI=1S/C15H24FN3/c1-3-15-12-19(11-10-18(15)2)9-8-17-14-6-4-13(16)5-7-14/h4-7,15,17H,3,8-12H2,1-2H3. The van der Waals surface area contributed by atoms with Gasteiger partial charge in [0.05, 0.1) is 0 Å². The van der Waals surface area contributed by atoms with Crippen molar-refractivity contribution in [2.75, 3.05) is 45.1 Å². The Morgan fingerprint density at radius 2 is 2.00 bits per heavy atom. The Kier molecular flexibility index (Phi) is 5.16. The van der Waals surface area contributed by atoms with Gasteiger partial charge in [-0.2, -0.15) is 0 Å². The third-order valence-electron chi connectivity index (χ3n) is 3.93. The Bertz CT molecular complexity index is 379. The van der Waals surface area contributed by atoms with Crippen LogP contribution in [0.1, 0.15) is 13.3 Å². The fourth-order valence-electron chi connectivity index (χ4n) is 2.58. The Balaban J connectivity index is 1.72. The van der Waals surface area contributed by atoms with E-state index >= 15 is 0 Å². The molecule has 1 aliphatic heterocycles. The van der Waals surface area contributed by atoms with E-state index in [1.807, 2.05) is 0 Å². The van der Waals surface area contributed by atoms with E-state index in [0.29, 0.717) is 6.04 Å². The summed E-state index contributed by atoms with van der Waals surface area (Å²) in [7, 11) is 2.21. The van der Waals surface area contributed by atoms with E-state index in [-0.39, 0.29) is 5.82 Å². The van der Waals surface area contributed by atoms with Crippen LogP contribution in [0.15, 0.2) is 24.3 Å². The number of hydrogen-bond donors (Lipinski definition) is 1. The number of piperazine rings is 1. The summed E-state index contributed by atoms with van der Waals surface area (Å²) in [4.78, 5) is 4.95. The van der Waals surface area contributed by atoms with Gasteiger partial charge in [0.25, 0.3) is 0 Å². The minimum absolute atomic E-state index is 0.185. The molecule has 1 fully saturated rings. The number of nitrogens with one attached hydrogen (secondary N) is 1. The van der Waals surface area contributed by atoms with Gasteiger partial charge in [0.2, 0.25) is 0 Å². The van der Waals surface area contributed by atoms with Gasteiger partial charge < -0.3 is 10.2 Å². The quantitative estimate of drug-likeness (QED) is 0.881. The van der Waals surface area contributed by atoms with E-state index in [1.165, 1.54) is 18.6 Å². The zero-order valence-electron chi connectivity index (χ0n) is 11.9. The fourth-order valence-corrected chi connectivity index (χ4v) is 2.58. The average Bonchev–Trinajstić information content (AvgIpc) is 2.43. The van der Waals surface area contributed by atoms with Gasteiger partial charge in [-0.1, -0.05) is 6.92 Å². The van der Waals surface area contributed by atoms with E-state index in [2.05, 4.69) is 29.1 Å². The fraction of sp³-hybridized carbons (Fsp3) is 0.600. The van der Waals surface area contributed by atoms with Gasteiger partial charge in [-0.15, -0.1) is 0 Å². The molecule has 106 valence electrons. The molecule has 1 atom stereocenters. The van der Waals surface area contributed by atoms with Crippen LogP contribution in [0.25, 0.3) is 0 Å². The van der Waals surface area contributed by atoms with Crippen LogP contribution in [0.3, 0.4) is 0 Å². The minimum atomic E-state index is -0.185. The highest BCUT2D eigenvalue weighted by Crippen LogP contribution is 2.11. The number of benzene rings is 1. The first kappa shape index (κ1) is 14.3. The maximum Gasteiger partial charge on any atom is 0.123 e. The van der Waals surface area contributed by atoms with Crippen LogP contribution >= 0.6 is 0 Å². The van der Waals surface area contributed by atoms with Crippen molar-refractivity contribution in [3.05, 3.63) is 30.1 Å². The number of hydrogen-bond acceptors (Lipinski definition) is 3. The molecule has 4 heteroatoms. The van der Waals surface area contributed by atoms with Crippen LogP contribution in [0.4, 0.5) is 10.1 Å². The molecule has 0 aromatic heterocycles. The van der Waals surface area contributed by atoms with Crippen molar-refractivity contribution in [3.63, 3.8) is 0 Å². The Morgan fingerprint density at radius 3 is 2.68 bits per heavy atom. The first-order valence-electron chi connectivity index (χ1n) is 7.11. The van der Waals surface area contributed by atoms with Crippen LogP contribution in [0.5, 0.6) is 0 Å². The lowest BCUT2D eigenvalue weighted by atomic mass is 10.1. The average molecular weight is 265 g/mol. The highest BCUT2D eigenvalue weighted by Gasteiger charge is 2.21. The summed E-state index contributed by atoms with van der Waals surface area (Å²) in [5, 5.41) is 3.34. The SMILES string of the molecule is CCC1CN(CCNc2ccc(F)cc2)CCN1C. The summed E-state index contributed by atoms with van der Waals surface area (Å²) in [6.07, 6.45) is 1.21. The van der Waals surface area contributed by atoms with Gasteiger partial charge in [-0.25, -0.2) is 4.39 Å².